The Labute approximate surface area is 172 Å². The molecule has 0 unspecified atom stereocenters. The number of carbonyl (C=O) groups excluding carboxylic acids is 1. The average Bonchev–Trinajstić information content (AvgIpc) is 3.07. The third-order valence-electron chi connectivity index (χ3n) is 4.76. The summed E-state index contributed by atoms with van der Waals surface area (Å²) in [4.78, 5) is 13.9. The Morgan fingerprint density at radius 1 is 1.14 bits per heavy atom. The molecule has 1 amide bonds. The molecule has 1 atom stereocenters. The predicted octanol–water partition coefficient (Wildman–Crippen LogP) is 3.88. The highest BCUT2D eigenvalue weighted by Gasteiger charge is 2.19. The minimum atomic E-state index is -0.524. The van der Waals surface area contributed by atoms with E-state index in [1.165, 1.54) is 11.1 Å². The van der Waals surface area contributed by atoms with Crippen molar-refractivity contribution < 1.29 is 4.79 Å². The largest absolute Gasteiger partial charge is 0.340 e. The Morgan fingerprint density at radius 2 is 1.82 bits per heavy atom. The van der Waals surface area contributed by atoms with Crippen molar-refractivity contribution in [1.29, 1.82) is 0 Å². The Balaban J connectivity index is 0.00000280. The van der Waals surface area contributed by atoms with Gasteiger partial charge in [0.05, 0.1) is 17.4 Å². The lowest BCUT2D eigenvalue weighted by atomic mass is 10.0. The van der Waals surface area contributed by atoms with Crippen molar-refractivity contribution in [2.24, 2.45) is 5.73 Å². The molecule has 5 nitrogen and oxygen atoms in total. The van der Waals surface area contributed by atoms with E-state index in [1.54, 1.807) is 18.9 Å². The highest BCUT2D eigenvalue weighted by atomic mass is 35.5. The van der Waals surface area contributed by atoms with Crippen molar-refractivity contribution in [3.63, 3.8) is 0 Å². The van der Waals surface area contributed by atoms with Crippen LogP contribution in [-0.2, 0) is 11.3 Å². The van der Waals surface area contributed by atoms with Gasteiger partial charge in [0, 0.05) is 30.9 Å². The summed E-state index contributed by atoms with van der Waals surface area (Å²) >= 11 is 0. The van der Waals surface area contributed by atoms with Crippen molar-refractivity contribution in [2.45, 2.75) is 33.4 Å². The number of benzene rings is 2. The second kappa shape index (κ2) is 9.04. The molecule has 2 N–H and O–H groups in total. The molecule has 0 saturated carbocycles. The third-order valence-corrected chi connectivity index (χ3v) is 4.76. The van der Waals surface area contributed by atoms with Gasteiger partial charge in [0.2, 0.25) is 5.91 Å². The Bertz CT molecular complexity index is 950. The van der Waals surface area contributed by atoms with Crippen molar-refractivity contribution in [3.8, 4) is 16.9 Å². The number of nitrogens with zero attached hydrogens (tertiary/aromatic N) is 3. The summed E-state index contributed by atoms with van der Waals surface area (Å²) in [5, 5.41) is 4.83. The zero-order valence-electron chi connectivity index (χ0n) is 16.7. The van der Waals surface area contributed by atoms with Crippen LogP contribution in [0.4, 0.5) is 0 Å². The summed E-state index contributed by atoms with van der Waals surface area (Å²) in [6.45, 7) is 6.35. The number of likely N-dealkylation sites (N-methyl/N-ethyl adjacent to an activating group) is 1. The fourth-order valence-corrected chi connectivity index (χ4v) is 3.05. The molecule has 0 aliphatic heterocycles. The van der Waals surface area contributed by atoms with E-state index < -0.39 is 6.04 Å². The summed E-state index contributed by atoms with van der Waals surface area (Å²) in [5.74, 6) is -0.0894. The molecule has 148 valence electrons. The van der Waals surface area contributed by atoms with Crippen molar-refractivity contribution in [2.75, 3.05) is 7.05 Å². The molecule has 0 aliphatic rings. The number of hydrogen-bond donors (Lipinski definition) is 1. The summed E-state index contributed by atoms with van der Waals surface area (Å²) in [6, 6.07) is 15.8. The number of aromatic nitrogens is 2. The zero-order chi connectivity index (χ0) is 19.6. The van der Waals surface area contributed by atoms with Gasteiger partial charge in [-0.15, -0.1) is 12.4 Å². The van der Waals surface area contributed by atoms with Gasteiger partial charge < -0.3 is 10.6 Å². The fourth-order valence-electron chi connectivity index (χ4n) is 3.05. The monoisotopic (exact) mass is 398 g/mol. The molecule has 0 bridgehead atoms. The van der Waals surface area contributed by atoms with Crippen LogP contribution in [0.3, 0.4) is 0 Å². The molecule has 6 heteroatoms. The van der Waals surface area contributed by atoms with Gasteiger partial charge in [-0.25, -0.2) is 4.68 Å². The van der Waals surface area contributed by atoms with E-state index in [0.29, 0.717) is 6.54 Å². The Kier molecular flexibility index (Phi) is 7.00. The van der Waals surface area contributed by atoms with E-state index in [1.807, 2.05) is 41.2 Å². The molecule has 3 rings (SSSR count). The summed E-state index contributed by atoms with van der Waals surface area (Å²) in [6.07, 6.45) is 1.99. The van der Waals surface area contributed by atoms with E-state index in [9.17, 15) is 4.79 Å². The summed E-state index contributed by atoms with van der Waals surface area (Å²) in [5.41, 5.74) is 12.1. The molecule has 0 spiro atoms. The molecule has 0 radical (unpaired) electrons. The van der Waals surface area contributed by atoms with Crippen LogP contribution < -0.4 is 5.73 Å². The number of hydrogen-bond acceptors (Lipinski definition) is 3. The maximum Gasteiger partial charge on any atom is 0.239 e. The molecule has 0 fully saturated rings. The van der Waals surface area contributed by atoms with Crippen molar-refractivity contribution in [3.05, 3.63) is 71.4 Å². The SMILES string of the molecule is Cc1ccc(-c2nn(-c3ccccc3)cc2CN(C)C(=O)[C@@H](C)N)cc1C.Cl. The maximum atomic E-state index is 12.2. The van der Waals surface area contributed by atoms with Crippen LogP contribution in [0.25, 0.3) is 16.9 Å². The van der Waals surface area contributed by atoms with E-state index >= 15 is 0 Å². The first-order valence-corrected chi connectivity index (χ1v) is 9.09. The second-order valence-electron chi connectivity index (χ2n) is 7.07. The van der Waals surface area contributed by atoms with Crippen molar-refractivity contribution >= 4 is 18.3 Å². The summed E-state index contributed by atoms with van der Waals surface area (Å²) < 4.78 is 1.87. The van der Waals surface area contributed by atoms with E-state index in [4.69, 9.17) is 10.8 Å². The topological polar surface area (TPSA) is 64.2 Å². The first kappa shape index (κ1) is 21.7. The average molecular weight is 399 g/mol. The zero-order valence-corrected chi connectivity index (χ0v) is 17.5. The van der Waals surface area contributed by atoms with Crippen molar-refractivity contribution in [1.82, 2.24) is 14.7 Å². The molecule has 2 aromatic carbocycles. The summed E-state index contributed by atoms with van der Waals surface area (Å²) in [7, 11) is 1.77. The highest BCUT2D eigenvalue weighted by Crippen LogP contribution is 2.26. The number of aryl methyl sites for hydroxylation is 2. The Morgan fingerprint density at radius 3 is 2.43 bits per heavy atom. The standard InChI is InChI=1S/C22H26N4O.ClH/c1-15-10-11-18(12-16(15)2)21-19(13-25(4)22(27)17(3)23)14-26(24-21)20-8-6-5-7-9-20;/h5-12,14,17H,13,23H2,1-4H3;1H/t17-;/m1./s1. The van der Waals surface area contributed by atoms with Gasteiger partial charge in [0.1, 0.15) is 0 Å². The van der Waals surface area contributed by atoms with Gasteiger partial charge in [0.25, 0.3) is 0 Å². The second-order valence-corrected chi connectivity index (χ2v) is 7.07. The van der Waals surface area contributed by atoms with E-state index in [2.05, 4.69) is 32.0 Å². The number of amides is 1. The third kappa shape index (κ3) is 4.61. The lowest BCUT2D eigenvalue weighted by Gasteiger charge is -2.19. The number of rotatable bonds is 5. The van der Waals surface area contributed by atoms with Gasteiger partial charge in [-0.3, -0.25) is 4.79 Å². The van der Waals surface area contributed by atoms with Gasteiger partial charge in [-0.05, 0) is 50.1 Å². The molecule has 1 aromatic heterocycles. The van der Waals surface area contributed by atoms with Crippen LogP contribution in [-0.4, -0.2) is 33.7 Å². The predicted molar refractivity (Wildman–Crippen MR) is 116 cm³/mol. The quantitative estimate of drug-likeness (QED) is 0.709. The van der Waals surface area contributed by atoms with Gasteiger partial charge >= 0.3 is 0 Å². The highest BCUT2D eigenvalue weighted by molar-refractivity contribution is 5.85. The van der Waals surface area contributed by atoms with Gasteiger partial charge in [-0.1, -0.05) is 30.3 Å². The molecular formula is C22H27ClN4O. The first-order chi connectivity index (χ1) is 12.9. The van der Waals surface area contributed by atoms with Crippen LogP contribution in [0.1, 0.15) is 23.6 Å². The number of para-hydroxylation sites is 1. The minimum Gasteiger partial charge on any atom is -0.340 e. The minimum absolute atomic E-state index is 0. The molecule has 1 heterocycles. The van der Waals surface area contributed by atoms with Crippen LogP contribution in [0.5, 0.6) is 0 Å². The number of carbonyl (C=O) groups is 1. The van der Waals surface area contributed by atoms with Crippen LogP contribution in [0, 0.1) is 13.8 Å². The van der Waals surface area contributed by atoms with E-state index in [-0.39, 0.29) is 18.3 Å². The lowest BCUT2D eigenvalue weighted by Crippen LogP contribution is -2.39. The lowest BCUT2D eigenvalue weighted by molar-refractivity contribution is -0.131. The molecule has 0 aliphatic carbocycles. The fraction of sp³-hybridized carbons (Fsp3) is 0.273. The Hall–Kier alpha value is -2.63. The van der Waals surface area contributed by atoms with Crippen LogP contribution in [0.15, 0.2) is 54.7 Å². The first-order valence-electron chi connectivity index (χ1n) is 9.09. The van der Waals surface area contributed by atoms with E-state index in [0.717, 1.165) is 22.5 Å². The molecule has 28 heavy (non-hydrogen) atoms. The van der Waals surface area contributed by atoms with Gasteiger partial charge in [-0.2, -0.15) is 5.10 Å². The van der Waals surface area contributed by atoms with Crippen LogP contribution >= 0.6 is 12.4 Å². The smallest absolute Gasteiger partial charge is 0.239 e. The molecular weight excluding hydrogens is 372 g/mol. The maximum absolute atomic E-state index is 12.2. The number of halogens is 1. The van der Waals surface area contributed by atoms with Crippen LogP contribution in [0.2, 0.25) is 0 Å². The molecule has 0 saturated heterocycles. The number of nitrogens with two attached hydrogens (primary N) is 1. The molecule has 3 aromatic rings. The normalized spacial score (nSPS) is 11.6. The van der Waals surface area contributed by atoms with Gasteiger partial charge in [0.15, 0.2) is 0 Å².